The topological polar surface area (TPSA) is 58.1 Å². The molecule has 1 aliphatic rings. The monoisotopic (exact) mass is 404 g/mol. The molecule has 144 valence electrons. The van der Waals surface area contributed by atoms with Crippen molar-refractivity contribution in [3.05, 3.63) is 52.3 Å². The van der Waals surface area contributed by atoms with Crippen LogP contribution in [-0.2, 0) is 13.1 Å². The van der Waals surface area contributed by atoms with E-state index in [2.05, 4.69) is 45.3 Å². The predicted molar refractivity (Wildman–Crippen MR) is 110 cm³/mol. The quantitative estimate of drug-likeness (QED) is 0.582. The van der Waals surface area contributed by atoms with Crippen LogP contribution in [0.15, 0.2) is 35.6 Å². The fourth-order valence-electron chi connectivity index (χ4n) is 3.42. The number of rotatable bonds is 6. The van der Waals surface area contributed by atoms with E-state index in [4.69, 9.17) is 11.6 Å². The third-order valence-electron chi connectivity index (χ3n) is 4.81. The number of piperidine rings is 1. The number of halogens is 1. The Morgan fingerprint density at radius 3 is 2.89 bits per heavy atom. The van der Waals surface area contributed by atoms with Gasteiger partial charge in [-0.3, -0.25) is 9.69 Å². The number of nitrogens with one attached hydrogen (secondary N) is 1. The molecule has 1 amide bonds. The summed E-state index contributed by atoms with van der Waals surface area (Å²) in [5.41, 5.74) is 2.60. The molecular weight excluding hydrogens is 380 g/mol. The highest BCUT2D eigenvalue weighted by molar-refractivity contribution is 7.98. The van der Waals surface area contributed by atoms with Gasteiger partial charge in [0.25, 0.3) is 5.91 Å². The van der Waals surface area contributed by atoms with Crippen LogP contribution in [0.5, 0.6) is 0 Å². The highest BCUT2D eigenvalue weighted by atomic mass is 35.5. The summed E-state index contributed by atoms with van der Waals surface area (Å²) in [5.74, 6) is 0.468. The summed E-state index contributed by atoms with van der Waals surface area (Å²) in [4.78, 5) is 23.4. The average molecular weight is 405 g/mol. The predicted octanol–water partition coefficient (Wildman–Crippen LogP) is 4.01. The molecule has 7 heteroatoms. The Morgan fingerprint density at radius 2 is 2.15 bits per heavy atom. The summed E-state index contributed by atoms with van der Waals surface area (Å²) in [6.45, 7) is 5.95. The second kappa shape index (κ2) is 9.53. The number of hydrogen-bond acceptors (Lipinski definition) is 5. The van der Waals surface area contributed by atoms with Crippen LogP contribution in [0.4, 0.5) is 0 Å². The van der Waals surface area contributed by atoms with Crippen LogP contribution < -0.4 is 5.32 Å². The van der Waals surface area contributed by atoms with Crippen molar-refractivity contribution in [2.45, 2.75) is 38.0 Å². The summed E-state index contributed by atoms with van der Waals surface area (Å²) in [6, 6.07) is 8.27. The molecular formula is C20H25ClN4OS. The van der Waals surface area contributed by atoms with E-state index in [1.807, 2.05) is 12.3 Å². The zero-order valence-corrected chi connectivity index (χ0v) is 17.3. The van der Waals surface area contributed by atoms with Crippen molar-refractivity contribution in [3.63, 3.8) is 0 Å². The lowest BCUT2D eigenvalue weighted by molar-refractivity contribution is 0.0945. The van der Waals surface area contributed by atoms with E-state index in [1.54, 1.807) is 0 Å². The highest BCUT2D eigenvalue weighted by Gasteiger charge is 2.18. The van der Waals surface area contributed by atoms with E-state index >= 15 is 0 Å². The zero-order chi connectivity index (χ0) is 19.2. The smallest absolute Gasteiger partial charge is 0.271 e. The van der Waals surface area contributed by atoms with Crippen LogP contribution in [0, 0.1) is 5.92 Å². The lowest BCUT2D eigenvalue weighted by atomic mass is 9.99. The number of nitrogens with zero attached hydrogens (tertiary/aromatic N) is 3. The number of benzene rings is 1. The molecule has 0 spiro atoms. The van der Waals surface area contributed by atoms with Gasteiger partial charge in [-0.2, -0.15) is 0 Å². The Labute approximate surface area is 169 Å². The molecule has 5 nitrogen and oxygen atoms in total. The molecule has 27 heavy (non-hydrogen) atoms. The van der Waals surface area contributed by atoms with Crippen molar-refractivity contribution in [3.8, 4) is 0 Å². The maximum absolute atomic E-state index is 12.5. The number of aromatic nitrogens is 2. The molecule has 1 aliphatic heterocycles. The Kier molecular flexibility index (Phi) is 7.10. The Balaban J connectivity index is 1.67. The number of hydrogen-bond donors (Lipinski definition) is 1. The van der Waals surface area contributed by atoms with Gasteiger partial charge in [-0.25, -0.2) is 9.97 Å². The van der Waals surface area contributed by atoms with Gasteiger partial charge >= 0.3 is 0 Å². The van der Waals surface area contributed by atoms with Crippen LogP contribution in [0.3, 0.4) is 0 Å². The van der Waals surface area contributed by atoms with Crippen molar-refractivity contribution in [1.82, 2.24) is 20.2 Å². The first-order chi connectivity index (χ1) is 13.1. The lowest BCUT2D eigenvalue weighted by Gasteiger charge is -2.31. The molecule has 0 bridgehead atoms. The number of thioether (sulfide) groups is 1. The van der Waals surface area contributed by atoms with Crippen LogP contribution >= 0.6 is 23.4 Å². The second-order valence-electron chi connectivity index (χ2n) is 6.99. The van der Waals surface area contributed by atoms with Gasteiger partial charge in [0.1, 0.15) is 0 Å². The molecule has 0 radical (unpaired) electrons. The van der Waals surface area contributed by atoms with Gasteiger partial charge in [0, 0.05) is 19.6 Å². The normalized spacial score (nSPS) is 17.7. The summed E-state index contributed by atoms with van der Waals surface area (Å²) < 4.78 is 0. The van der Waals surface area contributed by atoms with Crippen molar-refractivity contribution in [2.75, 3.05) is 19.3 Å². The SMILES string of the molecule is CSc1ncc(Cl)c(C(=O)NCc2ccccc2CN2CCC[C@H](C)C2)n1. The fourth-order valence-corrected chi connectivity index (χ4v) is 3.94. The number of likely N-dealkylation sites (tertiary alicyclic amines) is 1. The second-order valence-corrected chi connectivity index (χ2v) is 8.17. The first kappa shape index (κ1) is 20.1. The number of carbonyl (C=O) groups excluding carboxylic acids is 1. The molecule has 1 aromatic heterocycles. The molecule has 1 N–H and O–H groups in total. The summed E-state index contributed by atoms with van der Waals surface area (Å²) in [6.07, 6.45) is 5.90. The van der Waals surface area contributed by atoms with E-state index in [1.165, 1.54) is 36.4 Å². The van der Waals surface area contributed by atoms with Crippen LogP contribution in [-0.4, -0.2) is 40.1 Å². The molecule has 1 saturated heterocycles. The third-order valence-corrected chi connectivity index (χ3v) is 5.65. The lowest BCUT2D eigenvalue weighted by Crippen LogP contribution is -2.34. The first-order valence-corrected chi connectivity index (χ1v) is 10.8. The van der Waals surface area contributed by atoms with E-state index < -0.39 is 0 Å². The van der Waals surface area contributed by atoms with E-state index in [-0.39, 0.29) is 16.6 Å². The molecule has 3 rings (SSSR count). The van der Waals surface area contributed by atoms with Gasteiger partial charge in [0.05, 0.1) is 11.2 Å². The van der Waals surface area contributed by atoms with Crippen molar-refractivity contribution in [2.24, 2.45) is 5.92 Å². The zero-order valence-electron chi connectivity index (χ0n) is 15.7. The summed E-state index contributed by atoms with van der Waals surface area (Å²) in [7, 11) is 0. The van der Waals surface area contributed by atoms with Gasteiger partial charge in [-0.1, -0.05) is 54.6 Å². The van der Waals surface area contributed by atoms with Gasteiger partial charge < -0.3 is 5.32 Å². The van der Waals surface area contributed by atoms with Crippen molar-refractivity contribution in [1.29, 1.82) is 0 Å². The first-order valence-electron chi connectivity index (χ1n) is 9.20. The van der Waals surface area contributed by atoms with Crippen LogP contribution in [0.2, 0.25) is 5.02 Å². The fraction of sp³-hybridized carbons (Fsp3) is 0.450. The van der Waals surface area contributed by atoms with Crippen LogP contribution in [0.25, 0.3) is 0 Å². The molecule has 2 heterocycles. The molecule has 1 atom stereocenters. The molecule has 0 saturated carbocycles. The largest absolute Gasteiger partial charge is 0.347 e. The van der Waals surface area contributed by atoms with E-state index in [0.717, 1.165) is 31.1 Å². The number of carbonyl (C=O) groups is 1. The molecule has 0 unspecified atom stereocenters. The van der Waals surface area contributed by atoms with Crippen molar-refractivity contribution < 1.29 is 4.79 Å². The maximum Gasteiger partial charge on any atom is 0.271 e. The Hall–Kier alpha value is -1.63. The molecule has 0 aliphatic carbocycles. The van der Waals surface area contributed by atoms with Gasteiger partial charge in [-0.15, -0.1) is 0 Å². The minimum atomic E-state index is -0.279. The molecule has 1 aromatic carbocycles. The van der Waals surface area contributed by atoms with Gasteiger partial charge in [0.2, 0.25) is 0 Å². The average Bonchev–Trinajstić information content (AvgIpc) is 2.67. The van der Waals surface area contributed by atoms with Crippen LogP contribution in [0.1, 0.15) is 41.4 Å². The standard InChI is InChI=1S/C20H25ClN4OS/c1-14-6-5-9-25(12-14)13-16-8-4-3-7-15(16)10-22-19(26)18-17(21)11-23-20(24-18)27-2/h3-4,7-8,11,14H,5-6,9-10,12-13H2,1-2H3,(H,22,26)/t14-/m0/s1. The minimum absolute atomic E-state index is 0.221. The third kappa shape index (κ3) is 5.43. The summed E-state index contributed by atoms with van der Waals surface area (Å²) >= 11 is 7.48. The minimum Gasteiger partial charge on any atom is -0.347 e. The Morgan fingerprint density at radius 1 is 1.37 bits per heavy atom. The number of amides is 1. The Bertz CT molecular complexity index is 801. The maximum atomic E-state index is 12.5. The molecule has 1 fully saturated rings. The van der Waals surface area contributed by atoms with E-state index in [0.29, 0.717) is 11.7 Å². The van der Waals surface area contributed by atoms with Gasteiger partial charge in [-0.05, 0) is 42.7 Å². The van der Waals surface area contributed by atoms with Crippen molar-refractivity contribution >= 4 is 29.3 Å². The summed E-state index contributed by atoms with van der Waals surface area (Å²) in [5, 5.41) is 3.75. The van der Waals surface area contributed by atoms with Gasteiger partial charge in [0.15, 0.2) is 10.9 Å². The molecule has 2 aromatic rings. The van der Waals surface area contributed by atoms with E-state index in [9.17, 15) is 4.79 Å². The highest BCUT2D eigenvalue weighted by Crippen LogP contribution is 2.20.